The van der Waals surface area contributed by atoms with Crippen LogP contribution in [0.25, 0.3) is 0 Å². The Morgan fingerprint density at radius 2 is 2.44 bits per heavy atom. The maximum atomic E-state index is 8.74. The maximum Gasteiger partial charge on any atom is 0.191 e. The molecule has 52 valence electrons. The number of aromatic nitrogens is 1. The van der Waals surface area contributed by atoms with Crippen LogP contribution in [0.15, 0.2) is 6.20 Å². The molecule has 1 rings (SSSR count). The Kier molecular flexibility index (Phi) is 3.24. The third-order valence-electron chi connectivity index (χ3n) is 0.844. The number of thiazole rings is 1. The largest absolute Gasteiger partial charge is 0.498 e. The van der Waals surface area contributed by atoms with Gasteiger partial charge in [-0.05, 0) is 6.42 Å². The van der Waals surface area contributed by atoms with Crippen molar-refractivity contribution < 1.29 is 5.11 Å². The molecule has 0 saturated heterocycles. The van der Waals surface area contributed by atoms with Crippen molar-refractivity contribution in [3.8, 4) is 5.06 Å². The van der Waals surface area contributed by atoms with E-state index in [4.69, 9.17) is 5.11 Å². The van der Waals surface area contributed by atoms with Gasteiger partial charge in [0.1, 0.15) is 0 Å². The number of rotatable bonds is 1. The highest BCUT2D eigenvalue weighted by molar-refractivity contribution is 7.13. The molecule has 0 aliphatic rings. The summed E-state index contributed by atoms with van der Waals surface area (Å²) in [6, 6.07) is 0. The van der Waals surface area contributed by atoms with Crippen molar-refractivity contribution in [3.05, 3.63) is 11.2 Å². The van der Waals surface area contributed by atoms with Crippen LogP contribution in [0.1, 0.15) is 19.4 Å². The first kappa shape index (κ1) is 8.43. The summed E-state index contributed by atoms with van der Waals surface area (Å²) < 4.78 is 0. The van der Waals surface area contributed by atoms with E-state index < -0.39 is 0 Å². The van der Waals surface area contributed by atoms with Crippen molar-refractivity contribution in [2.75, 3.05) is 0 Å². The Balaban J connectivity index is 0.000000640. The highest BCUT2D eigenvalue weighted by Gasteiger charge is 1.93. The summed E-state index contributed by atoms with van der Waals surface area (Å²) in [5.74, 6) is 0. The fraction of sp³-hybridized carbons (Fsp3) is 0.500. The summed E-state index contributed by atoms with van der Waals surface area (Å²) in [6.07, 6.45) is 2.38. The van der Waals surface area contributed by atoms with Gasteiger partial charge in [0.25, 0.3) is 0 Å². The predicted octanol–water partition coefficient (Wildman–Crippen LogP) is 2.05. The topological polar surface area (TPSA) is 33.1 Å². The summed E-state index contributed by atoms with van der Waals surface area (Å²) in [4.78, 5) is 3.90. The van der Waals surface area contributed by atoms with E-state index in [9.17, 15) is 0 Å². The molecular weight excluding hydrogens is 134 g/mol. The van der Waals surface area contributed by atoms with Crippen molar-refractivity contribution >= 4 is 11.3 Å². The second-order valence-corrected chi connectivity index (χ2v) is 2.54. The number of hydrogen-bond donors (Lipinski definition) is 1. The van der Waals surface area contributed by atoms with E-state index in [2.05, 4.69) is 4.98 Å². The van der Waals surface area contributed by atoms with Gasteiger partial charge >= 0.3 is 0 Å². The summed E-state index contributed by atoms with van der Waals surface area (Å²) >= 11 is 1.33. The van der Waals surface area contributed by atoms with Crippen LogP contribution in [0.5, 0.6) is 5.06 Å². The van der Waals surface area contributed by atoms with Gasteiger partial charge in [-0.1, -0.05) is 25.7 Å². The van der Waals surface area contributed by atoms with Crippen LogP contribution in [0.3, 0.4) is 0 Å². The van der Waals surface area contributed by atoms with Gasteiger partial charge in [-0.3, -0.25) is 0 Å². The summed E-state index contributed by atoms with van der Waals surface area (Å²) in [5.41, 5.74) is 0. The molecule has 1 N–H and O–H groups in total. The van der Waals surface area contributed by atoms with Crippen LogP contribution in [0, 0.1) is 0 Å². The van der Waals surface area contributed by atoms with Crippen molar-refractivity contribution in [1.29, 1.82) is 0 Å². The minimum absolute atomic E-state index is 0. The van der Waals surface area contributed by atoms with E-state index in [1.165, 1.54) is 17.5 Å². The third-order valence-corrected chi connectivity index (χ3v) is 1.79. The van der Waals surface area contributed by atoms with Crippen LogP contribution in [-0.4, -0.2) is 10.1 Å². The Morgan fingerprint density at radius 1 is 1.78 bits per heavy atom. The Bertz CT molecular complexity index is 173. The fourth-order valence-corrected chi connectivity index (χ4v) is 1.06. The Hall–Kier alpha value is -0.570. The SMILES string of the molecule is C.CCc1ncc(O)s1. The van der Waals surface area contributed by atoms with E-state index in [0.717, 1.165) is 11.4 Å². The molecule has 2 nitrogen and oxygen atoms in total. The van der Waals surface area contributed by atoms with E-state index >= 15 is 0 Å². The Labute approximate surface area is 59.2 Å². The van der Waals surface area contributed by atoms with Crippen molar-refractivity contribution in [2.45, 2.75) is 20.8 Å². The molecule has 0 fully saturated rings. The smallest absolute Gasteiger partial charge is 0.191 e. The molecule has 0 unspecified atom stereocenters. The molecular formula is C6H11NOS. The summed E-state index contributed by atoms with van der Waals surface area (Å²) in [6.45, 7) is 2.01. The van der Waals surface area contributed by atoms with Gasteiger partial charge in [0.05, 0.1) is 11.2 Å². The van der Waals surface area contributed by atoms with E-state index in [0.29, 0.717) is 5.06 Å². The first-order chi connectivity index (χ1) is 3.83. The van der Waals surface area contributed by atoms with Gasteiger partial charge in [-0.15, -0.1) is 0 Å². The zero-order valence-electron chi connectivity index (χ0n) is 4.59. The summed E-state index contributed by atoms with van der Waals surface area (Å²) in [7, 11) is 0. The third kappa shape index (κ3) is 2.01. The minimum atomic E-state index is 0. The van der Waals surface area contributed by atoms with Crippen LogP contribution in [0.4, 0.5) is 0 Å². The standard InChI is InChI=1S/C5H7NOS.CH4/c1-2-4-6-3-5(7)8-4;/h3,7H,2H2,1H3;1H4. The van der Waals surface area contributed by atoms with E-state index in [-0.39, 0.29) is 7.43 Å². The van der Waals surface area contributed by atoms with E-state index in [1.807, 2.05) is 6.92 Å². The normalized spacial score (nSPS) is 8.56. The summed E-state index contributed by atoms with van der Waals surface area (Å²) in [5, 5.41) is 10.0. The molecule has 1 aromatic heterocycles. The van der Waals surface area contributed by atoms with Crippen molar-refractivity contribution in [2.24, 2.45) is 0 Å². The number of nitrogens with zero attached hydrogens (tertiary/aromatic N) is 1. The molecule has 1 aromatic rings. The molecule has 9 heavy (non-hydrogen) atoms. The number of hydrogen-bond acceptors (Lipinski definition) is 3. The van der Waals surface area contributed by atoms with Crippen LogP contribution in [-0.2, 0) is 6.42 Å². The van der Waals surface area contributed by atoms with Crippen molar-refractivity contribution in [3.63, 3.8) is 0 Å². The molecule has 0 bridgehead atoms. The van der Waals surface area contributed by atoms with Gasteiger partial charge in [0.15, 0.2) is 5.06 Å². The first-order valence-corrected chi connectivity index (χ1v) is 3.28. The average Bonchev–Trinajstić information content (AvgIpc) is 2.14. The first-order valence-electron chi connectivity index (χ1n) is 2.46. The maximum absolute atomic E-state index is 8.74. The molecule has 0 aliphatic carbocycles. The molecule has 0 aromatic carbocycles. The second kappa shape index (κ2) is 3.45. The second-order valence-electron chi connectivity index (χ2n) is 1.45. The number of aromatic hydroxyl groups is 1. The molecule has 0 amide bonds. The van der Waals surface area contributed by atoms with Gasteiger partial charge in [-0.2, -0.15) is 0 Å². The zero-order chi connectivity index (χ0) is 5.98. The molecule has 1 heterocycles. The lowest BCUT2D eigenvalue weighted by Crippen LogP contribution is -1.70. The molecule has 3 heteroatoms. The molecule has 0 saturated carbocycles. The van der Waals surface area contributed by atoms with Crippen LogP contribution in [0.2, 0.25) is 0 Å². The molecule has 0 aliphatic heterocycles. The molecule has 0 radical (unpaired) electrons. The zero-order valence-corrected chi connectivity index (χ0v) is 5.40. The van der Waals surface area contributed by atoms with Gasteiger partial charge in [0, 0.05) is 0 Å². The highest BCUT2D eigenvalue weighted by atomic mass is 32.1. The highest BCUT2D eigenvalue weighted by Crippen LogP contribution is 2.18. The molecule has 0 spiro atoms. The van der Waals surface area contributed by atoms with Crippen LogP contribution < -0.4 is 0 Å². The van der Waals surface area contributed by atoms with Gasteiger partial charge in [0.2, 0.25) is 0 Å². The van der Waals surface area contributed by atoms with Crippen LogP contribution >= 0.6 is 11.3 Å². The van der Waals surface area contributed by atoms with Gasteiger partial charge < -0.3 is 5.11 Å². The fourth-order valence-electron chi connectivity index (χ4n) is 0.464. The van der Waals surface area contributed by atoms with E-state index in [1.54, 1.807) is 0 Å². The lowest BCUT2D eigenvalue weighted by atomic mass is 10.5. The quantitative estimate of drug-likeness (QED) is 0.656. The lowest BCUT2D eigenvalue weighted by Gasteiger charge is -1.77. The van der Waals surface area contributed by atoms with Gasteiger partial charge in [-0.25, -0.2) is 4.98 Å². The Morgan fingerprint density at radius 3 is 2.67 bits per heavy atom. The van der Waals surface area contributed by atoms with Crippen molar-refractivity contribution in [1.82, 2.24) is 4.98 Å². The molecule has 0 atom stereocenters. The average molecular weight is 145 g/mol. The predicted molar refractivity (Wildman–Crippen MR) is 39.9 cm³/mol. The minimum Gasteiger partial charge on any atom is -0.498 e. The monoisotopic (exact) mass is 145 g/mol. The number of aryl methyl sites for hydroxylation is 1. The lowest BCUT2D eigenvalue weighted by molar-refractivity contribution is 0.489.